The van der Waals surface area contributed by atoms with Gasteiger partial charge in [0.05, 0.1) is 0 Å². The Bertz CT molecular complexity index is 352. The number of halogens is 2. The molecule has 0 heterocycles. The van der Waals surface area contributed by atoms with E-state index in [1.165, 1.54) is 12.0 Å². The average Bonchev–Trinajstić information content (AvgIpc) is 2.24. The zero-order valence-corrected chi connectivity index (χ0v) is 13.1. The second-order valence-corrected chi connectivity index (χ2v) is 6.04. The number of benzene rings is 1. The minimum atomic E-state index is 0.411. The number of hydrogen-bond donors (Lipinski definition) is 1. The van der Waals surface area contributed by atoms with Crippen LogP contribution in [0, 0.1) is 5.92 Å². The monoisotopic (exact) mass is 317 g/mol. The molecule has 96 valence electrons. The van der Waals surface area contributed by atoms with Crippen LogP contribution in [0.1, 0.15) is 45.2 Å². The van der Waals surface area contributed by atoms with E-state index >= 15 is 0 Å². The molecule has 1 rings (SSSR count). The molecular weight excluding hydrogens is 298 g/mol. The summed E-state index contributed by atoms with van der Waals surface area (Å²) in [6, 6.07) is 6.45. The van der Waals surface area contributed by atoms with Crippen LogP contribution in [0.15, 0.2) is 22.7 Å². The third kappa shape index (κ3) is 4.99. The summed E-state index contributed by atoms with van der Waals surface area (Å²) < 4.78 is 1.10. The molecule has 17 heavy (non-hydrogen) atoms. The molecule has 0 aliphatic heterocycles. The standard InChI is InChI=1S/C14H21BrClN/c1-4-17-14(8-5-10(2)3)12-7-6-11(16)9-13(12)15/h6-7,9-10,14,17H,4-5,8H2,1-3H3. The molecule has 1 nitrogen and oxygen atoms in total. The van der Waals surface area contributed by atoms with Gasteiger partial charge in [0, 0.05) is 15.5 Å². The van der Waals surface area contributed by atoms with Gasteiger partial charge in [0.15, 0.2) is 0 Å². The molecule has 1 atom stereocenters. The third-order valence-corrected chi connectivity index (χ3v) is 3.74. The lowest BCUT2D eigenvalue weighted by Gasteiger charge is -2.20. The first-order chi connectivity index (χ1) is 8.04. The van der Waals surface area contributed by atoms with E-state index in [2.05, 4.69) is 48.1 Å². The van der Waals surface area contributed by atoms with Gasteiger partial charge >= 0.3 is 0 Å². The minimum absolute atomic E-state index is 0.411. The van der Waals surface area contributed by atoms with Gasteiger partial charge in [0.1, 0.15) is 0 Å². The van der Waals surface area contributed by atoms with Gasteiger partial charge in [-0.2, -0.15) is 0 Å². The van der Waals surface area contributed by atoms with Gasteiger partial charge in [0.25, 0.3) is 0 Å². The maximum atomic E-state index is 5.98. The van der Waals surface area contributed by atoms with Crippen molar-refractivity contribution in [3.63, 3.8) is 0 Å². The van der Waals surface area contributed by atoms with Crippen molar-refractivity contribution >= 4 is 27.5 Å². The summed E-state index contributed by atoms with van der Waals surface area (Å²) in [6.45, 7) is 7.66. The zero-order chi connectivity index (χ0) is 12.8. The number of nitrogens with one attached hydrogen (secondary N) is 1. The van der Waals surface area contributed by atoms with Gasteiger partial charge in [-0.25, -0.2) is 0 Å². The van der Waals surface area contributed by atoms with Crippen LogP contribution in [0.5, 0.6) is 0 Å². The quantitative estimate of drug-likeness (QED) is 0.761. The van der Waals surface area contributed by atoms with Crippen molar-refractivity contribution in [1.82, 2.24) is 5.32 Å². The maximum absolute atomic E-state index is 5.98. The molecule has 0 fully saturated rings. The fraction of sp³-hybridized carbons (Fsp3) is 0.571. The molecule has 0 bridgehead atoms. The highest BCUT2D eigenvalue weighted by Crippen LogP contribution is 2.29. The van der Waals surface area contributed by atoms with E-state index in [0.717, 1.165) is 28.4 Å². The highest BCUT2D eigenvalue weighted by atomic mass is 79.9. The van der Waals surface area contributed by atoms with E-state index in [1.807, 2.05) is 12.1 Å². The topological polar surface area (TPSA) is 12.0 Å². The Balaban J connectivity index is 2.81. The van der Waals surface area contributed by atoms with Crippen LogP contribution in [-0.2, 0) is 0 Å². The van der Waals surface area contributed by atoms with E-state index in [9.17, 15) is 0 Å². The number of rotatable bonds is 6. The summed E-state index contributed by atoms with van der Waals surface area (Å²) in [6.07, 6.45) is 2.39. The first-order valence-electron chi connectivity index (χ1n) is 6.23. The number of hydrogen-bond acceptors (Lipinski definition) is 1. The molecule has 3 heteroatoms. The molecule has 1 aromatic carbocycles. The molecule has 0 aliphatic carbocycles. The summed E-state index contributed by atoms with van der Waals surface area (Å²) in [5, 5.41) is 4.32. The molecule has 1 unspecified atom stereocenters. The molecule has 0 saturated heterocycles. The Hall–Kier alpha value is -0.0500. The minimum Gasteiger partial charge on any atom is -0.310 e. The largest absolute Gasteiger partial charge is 0.310 e. The van der Waals surface area contributed by atoms with Gasteiger partial charge in [-0.1, -0.05) is 54.4 Å². The van der Waals surface area contributed by atoms with Crippen LogP contribution in [0.25, 0.3) is 0 Å². The van der Waals surface area contributed by atoms with Crippen molar-refractivity contribution in [2.45, 2.75) is 39.7 Å². The lowest BCUT2D eigenvalue weighted by molar-refractivity contribution is 0.447. The third-order valence-electron chi connectivity index (χ3n) is 2.82. The predicted octanol–water partition coefficient (Wildman–Crippen LogP) is 5.19. The first kappa shape index (κ1) is 15.0. The average molecular weight is 319 g/mol. The first-order valence-corrected chi connectivity index (χ1v) is 7.40. The molecular formula is C14H21BrClN. The lowest BCUT2D eigenvalue weighted by Crippen LogP contribution is -2.21. The molecule has 0 saturated carbocycles. The Labute approximate surface area is 118 Å². The van der Waals surface area contributed by atoms with Crippen LogP contribution in [0.2, 0.25) is 5.02 Å². The van der Waals surface area contributed by atoms with E-state index in [1.54, 1.807) is 0 Å². The molecule has 0 radical (unpaired) electrons. The van der Waals surface area contributed by atoms with Crippen molar-refractivity contribution in [2.24, 2.45) is 5.92 Å². The molecule has 0 aromatic heterocycles. The Morgan fingerprint density at radius 2 is 2.00 bits per heavy atom. The second-order valence-electron chi connectivity index (χ2n) is 4.75. The van der Waals surface area contributed by atoms with E-state index in [-0.39, 0.29) is 0 Å². The summed E-state index contributed by atoms with van der Waals surface area (Å²) in [4.78, 5) is 0. The highest BCUT2D eigenvalue weighted by molar-refractivity contribution is 9.10. The summed E-state index contributed by atoms with van der Waals surface area (Å²) in [7, 11) is 0. The van der Waals surface area contributed by atoms with Crippen molar-refractivity contribution in [3.8, 4) is 0 Å². The molecule has 0 spiro atoms. The molecule has 1 aromatic rings. The molecule has 0 amide bonds. The van der Waals surface area contributed by atoms with Crippen LogP contribution >= 0.6 is 27.5 Å². The molecule has 0 aliphatic rings. The highest BCUT2D eigenvalue weighted by Gasteiger charge is 2.14. The fourth-order valence-electron chi connectivity index (χ4n) is 1.90. The normalized spacial score (nSPS) is 13.1. The van der Waals surface area contributed by atoms with E-state index in [0.29, 0.717) is 6.04 Å². The van der Waals surface area contributed by atoms with Gasteiger partial charge in [-0.15, -0.1) is 0 Å². The Morgan fingerprint density at radius 3 is 2.53 bits per heavy atom. The van der Waals surface area contributed by atoms with Gasteiger partial charge in [-0.05, 0) is 43.0 Å². The van der Waals surface area contributed by atoms with Crippen LogP contribution in [0.4, 0.5) is 0 Å². The van der Waals surface area contributed by atoms with Crippen LogP contribution in [-0.4, -0.2) is 6.54 Å². The lowest BCUT2D eigenvalue weighted by atomic mass is 9.97. The zero-order valence-electron chi connectivity index (χ0n) is 10.8. The Morgan fingerprint density at radius 1 is 1.29 bits per heavy atom. The maximum Gasteiger partial charge on any atom is 0.0417 e. The smallest absolute Gasteiger partial charge is 0.0417 e. The summed E-state index contributed by atoms with van der Waals surface area (Å²) >= 11 is 9.58. The summed E-state index contributed by atoms with van der Waals surface area (Å²) in [5.74, 6) is 0.738. The predicted molar refractivity (Wildman–Crippen MR) is 79.6 cm³/mol. The Kier molecular flexibility index (Phi) is 6.53. The summed E-state index contributed by atoms with van der Waals surface area (Å²) in [5.41, 5.74) is 1.30. The van der Waals surface area contributed by atoms with Gasteiger partial charge in [0.2, 0.25) is 0 Å². The molecule has 1 N–H and O–H groups in total. The van der Waals surface area contributed by atoms with Crippen molar-refractivity contribution in [2.75, 3.05) is 6.54 Å². The second kappa shape index (κ2) is 7.40. The SMILES string of the molecule is CCNC(CCC(C)C)c1ccc(Cl)cc1Br. The van der Waals surface area contributed by atoms with Crippen LogP contribution < -0.4 is 5.32 Å². The fourth-order valence-corrected chi connectivity index (χ4v) is 2.86. The van der Waals surface area contributed by atoms with Crippen molar-refractivity contribution in [1.29, 1.82) is 0 Å². The van der Waals surface area contributed by atoms with E-state index < -0.39 is 0 Å². The van der Waals surface area contributed by atoms with Gasteiger partial charge < -0.3 is 5.32 Å². The van der Waals surface area contributed by atoms with Crippen molar-refractivity contribution < 1.29 is 0 Å². The van der Waals surface area contributed by atoms with Crippen molar-refractivity contribution in [3.05, 3.63) is 33.3 Å². The van der Waals surface area contributed by atoms with E-state index in [4.69, 9.17) is 11.6 Å². The van der Waals surface area contributed by atoms with Crippen LogP contribution in [0.3, 0.4) is 0 Å². The van der Waals surface area contributed by atoms with Gasteiger partial charge in [-0.3, -0.25) is 0 Å².